The first-order chi connectivity index (χ1) is 35.4. The van der Waals surface area contributed by atoms with Crippen molar-refractivity contribution in [1.29, 1.82) is 0 Å². The third kappa shape index (κ3) is 14.6. The molecule has 0 saturated carbocycles. The van der Waals surface area contributed by atoms with Gasteiger partial charge < -0.3 is 150 Å². The molecule has 436 valence electrons. The first-order valence-electron chi connectivity index (χ1n) is 23.9. The van der Waals surface area contributed by atoms with Crippen molar-refractivity contribution >= 4 is 17.7 Å². The molecule has 5 saturated heterocycles. The fourth-order valence-electron chi connectivity index (χ4n) is 9.24. The number of aliphatic hydroxyl groups is 17. The second kappa shape index (κ2) is 28.0. The van der Waals surface area contributed by atoms with Gasteiger partial charge in [-0.05, 0) is 6.92 Å². The molecule has 0 aromatic carbocycles. The predicted octanol–water partition coefficient (Wildman–Crippen LogP) is -13.0. The lowest BCUT2D eigenvalue weighted by Gasteiger charge is -2.51. The Bertz CT molecular complexity index is 1800. The Balaban J connectivity index is 1.51. The highest BCUT2D eigenvalue weighted by Crippen LogP contribution is 2.37. The number of aliphatic hydroxyl groups excluding tert-OH is 17. The summed E-state index contributed by atoms with van der Waals surface area (Å²) in [4.78, 5) is 37.1. The van der Waals surface area contributed by atoms with Crippen molar-refractivity contribution in [2.24, 2.45) is 0 Å². The molecule has 0 aromatic heterocycles. The fourth-order valence-corrected chi connectivity index (χ4v) is 9.24. The molecule has 0 radical (unpaired) electrons. The van der Waals surface area contributed by atoms with Crippen molar-refractivity contribution in [3.05, 3.63) is 0 Å². The van der Waals surface area contributed by atoms with Crippen molar-refractivity contribution in [1.82, 2.24) is 16.0 Å². The van der Waals surface area contributed by atoms with Gasteiger partial charge in [0.15, 0.2) is 31.5 Å². The van der Waals surface area contributed by atoms with Gasteiger partial charge in [0, 0.05) is 20.8 Å². The molecule has 5 fully saturated rings. The van der Waals surface area contributed by atoms with Gasteiger partial charge in [0.25, 0.3) is 0 Å². The molecule has 0 aliphatic carbocycles. The van der Waals surface area contributed by atoms with Crippen LogP contribution in [0.2, 0.25) is 0 Å². The molecule has 33 heteroatoms. The molecule has 20 N–H and O–H groups in total. The van der Waals surface area contributed by atoms with Crippen LogP contribution in [0.4, 0.5) is 0 Å². The first kappa shape index (κ1) is 63.2. The number of carbonyl (C=O) groups excluding carboxylic acids is 3. The van der Waals surface area contributed by atoms with E-state index in [-0.39, 0.29) is 0 Å². The van der Waals surface area contributed by atoms with Gasteiger partial charge in [0.05, 0.1) is 51.8 Å². The maximum atomic E-state index is 12.8. The number of ether oxygens (including phenoxy) is 10. The van der Waals surface area contributed by atoms with Crippen LogP contribution in [0.3, 0.4) is 0 Å². The maximum Gasteiger partial charge on any atom is 0.217 e. The molecule has 75 heavy (non-hydrogen) atoms. The van der Waals surface area contributed by atoms with Gasteiger partial charge in [-0.25, -0.2) is 0 Å². The summed E-state index contributed by atoms with van der Waals surface area (Å²) in [5.74, 6) is -2.46. The third-order valence-electron chi connectivity index (χ3n) is 13.3. The van der Waals surface area contributed by atoms with E-state index in [0.717, 1.165) is 20.8 Å². The first-order valence-corrected chi connectivity index (χ1v) is 23.9. The zero-order valence-corrected chi connectivity index (χ0v) is 40.9. The molecule has 5 rings (SSSR count). The van der Waals surface area contributed by atoms with E-state index in [4.69, 9.17) is 47.4 Å². The van der Waals surface area contributed by atoms with E-state index in [2.05, 4.69) is 16.0 Å². The van der Waals surface area contributed by atoms with Crippen LogP contribution in [0, 0.1) is 0 Å². The number of carbonyl (C=O) groups is 3. The van der Waals surface area contributed by atoms with E-state index in [0.29, 0.717) is 0 Å². The van der Waals surface area contributed by atoms with Gasteiger partial charge in [0.2, 0.25) is 17.7 Å². The van der Waals surface area contributed by atoms with E-state index in [1.807, 2.05) is 0 Å². The topological polar surface area (TPSA) is 524 Å². The molecule has 0 spiro atoms. The molecule has 29 atom stereocenters. The Kier molecular flexibility index (Phi) is 23.5. The fraction of sp³-hybridized carbons (Fsp3) is 0.929. The molecular formula is C42H73N3O30. The van der Waals surface area contributed by atoms with E-state index in [1.165, 1.54) is 6.92 Å². The van der Waals surface area contributed by atoms with Crippen molar-refractivity contribution in [2.75, 3.05) is 39.6 Å². The average molecular weight is 1100 g/mol. The second-order valence-electron chi connectivity index (χ2n) is 18.7. The van der Waals surface area contributed by atoms with Crippen molar-refractivity contribution < 1.29 is 149 Å². The predicted molar refractivity (Wildman–Crippen MR) is 235 cm³/mol. The minimum Gasteiger partial charge on any atom is -0.394 e. The van der Waals surface area contributed by atoms with Crippen LogP contribution < -0.4 is 16.0 Å². The van der Waals surface area contributed by atoms with Crippen LogP contribution in [0.5, 0.6) is 0 Å². The van der Waals surface area contributed by atoms with Crippen LogP contribution in [0.1, 0.15) is 27.7 Å². The standard InChI is InChI=1S/C42H73N3O30/c1-11-23(56)30(63)31(64)40(66-11)75-37-36(74-38-21(44-13(3)53)28(61)25(58)17(7-48)67-38)27(60)19(9-50)69-42(37)72-34-20(10-51)70-39(22(29(34)62)45-14(4)54)73-35-26(59)18(8-49)68-41(32(35)65)71-33(24(57)16(55)6-47)15(5-46)43-12(2)52/h11,15-42,46-51,55-65H,5-10H2,1-4H3,(H,43,52)(H,44,53)(H,45,54)/t11-,15-,16+,17+,18+,19+,20+,21+,22+,23+,24-,25-,26-,27-,28+,29+,30+,31-,32+,33+,34+,35-,36-,37+,38+,39-,40-,41-,42-/m0/s1. The van der Waals surface area contributed by atoms with E-state index < -0.39 is 235 Å². The normalized spacial score (nSPS) is 44.2. The van der Waals surface area contributed by atoms with Gasteiger partial charge in [0.1, 0.15) is 134 Å². The van der Waals surface area contributed by atoms with Gasteiger partial charge in [-0.15, -0.1) is 0 Å². The van der Waals surface area contributed by atoms with Crippen LogP contribution >= 0.6 is 0 Å². The molecular weight excluding hydrogens is 1030 g/mol. The lowest BCUT2D eigenvalue weighted by Crippen LogP contribution is -2.71. The molecule has 3 amide bonds. The summed E-state index contributed by atoms with van der Waals surface area (Å²) in [5, 5.41) is 190. The van der Waals surface area contributed by atoms with Gasteiger partial charge >= 0.3 is 0 Å². The summed E-state index contributed by atoms with van der Waals surface area (Å²) >= 11 is 0. The number of hydrogen-bond donors (Lipinski definition) is 20. The largest absolute Gasteiger partial charge is 0.394 e. The van der Waals surface area contributed by atoms with E-state index >= 15 is 0 Å². The molecule has 5 aliphatic heterocycles. The van der Waals surface area contributed by atoms with E-state index in [9.17, 15) is 101 Å². The lowest BCUT2D eigenvalue weighted by molar-refractivity contribution is -0.401. The summed E-state index contributed by atoms with van der Waals surface area (Å²) < 4.78 is 58.9. The minimum atomic E-state index is -2.23. The summed E-state index contributed by atoms with van der Waals surface area (Å²) in [6.07, 6.45) is -50.4. The van der Waals surface area contributed by atoms with Crippen LogP contribution in [0.25, 0.3) is 0 Å². The maximum absolute atomic E-state index is 12.8. The van der Waals surface area contributed by atoms with Crippen LogP contribution in [-0.4, -0.2) is 322 Å². The zero-order chi connectivity index (χ0) is 55.9. The minimum absolute atomic E-state index is 0.768. The van der Waals surface area contributed by atoms with Crippen molar-refractivity contribution in [3.8, 4) is 0 Å². The second-order valence-corrected chi connectivity index (χ2v) is 18.7. The Hall–Kier alpha value is -2.67. The third-order valence-corrected chi connectivity index (χ3v) is 13.3. The summed E-state index contributed by atoms with van der Waals surface area (Å²) in [6, 6.07) is -5.10. The highest BCUT2D eigenvalue weighted by Gasteiger charge is 2.58. The number of amides is 3. The summed E-state index contributed by atoms with van der Waals surface area (Å²) in [7, 11) is 0. The van der Waals surface area contributed by atoms with Gasteiger partial charge in [-0.1, -0.05) is 0 Å². The highest BCUT2D eigenvalue weighted by molar-refractivity contribution is 5.74. The zero-order valence-electron chi connectivity index (χ0n) is 40.9. The lowest BCUT2D eigenvalue weighted by atomic mass is 9.93. The molecule has 5 heterocycles. The highest BCUT2D eigenvalue weighted by atomic mass is 16.8. The number of hydrogen-bond acceptors (Lipinski definition) is 30. The molecule has 0 bridgehead atoms. The van der Waals surface area contributed by atoms with Crippen molar-refractivity contribution in [2.45, 2.75) is 205 Å². The quantitative estimate of drug-likeness (QED) is 0.0479. The van der Waals surface area contributed by atoms with Crippen LogP contribution in [-0.2, 0) is 61.8 Å². The van der Waals surface area contributed by atoms with Gasteiger partial charge in [-0.3, -0.25) is 14.4 Å². The van der Waals surface area contributed by atoms with Crippen molar-refractivity contribution in [3.63, 3.8) is 0 Å². The summed E-state index contributed by atoms with van der Waals surface area (Å²) in [6.45, 7) is -1.84. The number of nitrogens with one attached hydrogen (secondary N) is 3. The van der Waals surface area contributed by atoms with Crippen LogP contribution in [0.15, 0.2) is 0 Å². The molecule has 0 aromatic rings. The molecule has 5 aliphatic rings. The Labute approximate surface area is 426 Å². The smallest absolute Gasteiger partial charge is 0.217 e. The monoisotopic (exact) mass is 1100 g/mol. The SMILES string of the molecule is CC(=O)N[C@H]1[C@H](O[C@H]2[C@@H](O)[C@@H](CO)O[C@@H](O[C@@H]([C@@H](O)[C@H](O)CO)[C@H](CO)NC(C)=O)[C@@H]2O)O[C@H](CO)[C@@H](O[C@@H]2O[C@H](CO)[C@H](O)[C@H](O[C@H]3O[C@H](CO)[C@H](O)[C@H](O)[C@H]3NC(C)=O)[C@H]2O[C@@H]2O[C@@H](C)[C@@H](O)[C@@H](O)[C@@H]2O)[C@@H]1O. The van der Waals surface area contributed by atoms with Gasteiger partial charge in [-0.2, -0.15) is 0 Å². The molecule has 0 unspecified atom stereocenters. The average Bonchev–Trinajstić information content (AvgIpc) is 3.37. The Morgan fingerprint density at radius 2 is 0.920 bits per heavy atom. The molecule has 33 nitrogen and oxygen atoms in total. The number of rotatable bonds is 22. The summed E-state index contributed by atoms with van der Waals surface area (Å²) in [5.41, 5.74) is 0. The Morgan fingerprint density at radius 3 is 1.44 bits per heavy atom. The van der Waals surface area contributed by atoms with E-state index in [1.54, 1.807) is 0 Å². The Morgan fingerprint density at radius 1 is 0.453 bits per heavy atom.